The summed E-state index contributed by atoms with van der Waals surface area (Å²) in [7, 11) is 0. The molecule has 15 N–H and O–H groups in total. The molecule has 2 aliphatic heterocycles. The summed E-state index contributed by atoms with van der Waals surface area (Å²) in [4.78, 5) is 71.3. The molecule has 28 nitrogen and oxygen atoms in total. The smallest absolute Gasteiger partial charge is 0.370 e. The number of aliphatic hydroxyl groups is 4. The van der Waals surface area contributed by atoms with Crippen molar-refractivity contribution in [3.05, 3.63) is 23.7 Å². The fourth-order valence-corrected chi connectivity index (χ4v) is 7.03. The number of aliphatic imine (C=N–C) groups is 2. The van der Waals surface area contributed by atoms with Gasteiger partial charge < -0.3 is 106 Å². The first-order valence-corrected chi connectivity index (χ1v) is 23.0. The van der Waals surface area contributed by atoms with Gasteiger partial charge in [-0.05, 0) is 25.0 Å². The Morgan fingerprint density at radius 2 is 1.25 bits per heavy atom. The third-order valence-corrected chi connectivity index (χ3v) is 10.6. The molecule has 0 unspecified atom stereocenters. The number of carbonyl (C=O) groups is 5. The van der Waals surface area contributed by atoms with Crippen LogP contribution in [0, 0.1) is 18.3 Å². The van der Waals surface area contributed by atoms with E-state index in [1.54, 1.807) is 6.92 Å². The van der Waals surface area contributed by atoms with Crippen molar-refractivity contribution < 1.29 is 97.2 Å². The zero-order valence-corrected chi connectivity index (χ0v) is 40.5. The Bertz CT molecular complexity index is 1860. The van der Waals surface area contributed by atoms with Gasteiger partial charge in [-0.3, -0.25) is 14.4 Å². The highest BCUT2D eigenvalue weighted by Gasteiger charge is 2.45. The number of hydrogen-bond donors (Lipinski definition) is 11. The van der Waals surface area contributed by atoms with Gasteiger partial charge in [0.15, 0.2) is 18.0 Å². The van der Waals surface area contributed by atoms with Gasteiger partial charge in [-0.25, -0.2) is 19.6 Å². The highest BCUT2D eigenvalue weighted by molar-refractivity contribution is 5.86. The summed E-state index contributed by atoms with van der Waals surface area (Å²) in [5.41, 5.74) is 22.1. The summed E-state index contributed by atoms with van der Waals surface area (Å²) in [6.07, 6.45) is -2.23. The first-order valence-electron chi connectivity index (χ1n) is 23.0. The molecule has 28 heteroatoms. The SMILES string of the molecule is C#CCOCCOCCOCCOCCC(=O)N(CCOCCCC(=O)O[C@@H]([C@@H]1OC(C(=O)O)=C[C@H](N=C(N)N)[C@H]1C)[C@H](O)CO)CCOCC[C@@H](O)[C@@H](O)[C@@H]1OC(C(=O)O)=C[C@H](N=C(N)N)[C@H]1NC(C)=O. The highest BCUT2D eigenvalue weighted by Crippen LogP contribution is 2.31. The lowest BCUT2D eigenvalue weighted by Gasteiger charge is -2.38. The normalized spacial score (nSPS) is 21.1. The van der Waals surface area contributed by atoms with Crippen LogP contribution in [0.5, 0.6) is 0 Å². The number of nitrogens with zero attached hydrogens (tertiary/aromatic N) is 3. The van der Waals surface area contributed by atoms with E-state index in [0.717, 1.165) is 6.08 Å². The lowest BCUT2D eigenvalue weighted by molar-refractivity contribution is -0.176. The second-order valence-corrected chi connectivity index (χ2v) is 16.1. The van der Waals surface area contributed by atoms with Crippen molar-refractivity contribution in [2.75, 3.05) is 99.0 Å². The van der Waals surface area contributed by atoms with Crippen molar-refractivity contribution in [3.63, 3.8) is 0 Å². The molecule has 2 heterocycles. The summed E-state index contributed by atoms with van der Waals surface area (Å²) in [5.74, 6) is -4.98. The molecular weight excluding hydrogens is 961 g/mol. The maximum atomic E-state index is 13.3. The van der Waals surface area contributed by atoms with E-state index in [9.17, 15) is 54.6 Å². The van der Waals surface area contributed by atoms with Crippen molar-refractivity contribution in [1.82, 2.24) is 10.2 Å². The molecule has 0 radical (unpaired) electrons. The van der Waals surface area contributed by atoms with Crippen LogP contribution in [0.3, 0.4) is 0 Å². The Hall–Kier alpha value is -5.87. The van der Waals surface area contributed by atoms with Crippen LogP contribution in [0.4, 0.5) is 0 Å². The van der Waals surface area contributed by atoms with Crippen LogP contribution < -0.4 is 28.3 Å². The van der Waals surface area contributed by atoms with Crippen molar-refractivity contribution in [2.45, 2.75) is 94.3 Å². The summed E-state index contributed by atoms with van der Waals surface area (Å²) >= 11 is 0. The van der Waals surface area contributed by atoms with Crippen molar-refractivity contribution in [1.29, 1.82) is 0 Å². The number of rotatable bonds is 37. The number of esters is 1. The molecule has 0 aromatic heterocycles. The number of terminal acetylenes is 1. The predicted octanol–water partition coefficient (Wildman–Crippen LogP) is -4.75. The Morgan fingerprint density at radius 3 is 1.79 bits per heavy atom. The number of nitrogens with two attached hydrogens (primary N) is 4. The van der Waals surface area contributed by atoms with Crippen LogP contribution in [0.1, 0.15) is 39.5 Å². The summed E-state index contributed by atoms with van der Waals surface area (Å²) in [6.45, 7) is 3.96. The molecule has 72 heavy (non-hydrogen) atoms. The van der Waals surface area contributed by atoms with Crippen LogP contribution in [0.2, 0.25) is 0 Å². The van der Waals surface area contributed by atoms with Crippen LogP contribution in [-0.2, 0) is 66.6 Å². The lowest BCUT2D eigenvalue weighted by atomic mass is 9.87. The molecule has 0 bridgehead atoms. The zero-order valence-electron chi connectivity index (χ0n) is 40.5. The van der Waals surface area contributed by atoms with Crippen LogP contribution in [0.15, 0.2) is 33.7 Å². The highest BCUT2D eigenvalue weighted by atomic mass is 16.6. The maximum absolute atomic E-state index is 13.3. The second-order valence-electron chi connectivity index (χ2n) is 16.1. The van der Waals surface area contributed by atoms with Gasteiger partial charge in [0.25, 0.3) is 0 Å². The number of nitrogens with one attached hydrogen (secondary N) is 1. The summed E-state index contributed by atoms with van der Waals surface area (Å²) < 4.78 is 49.4. The van der Waals surface area contributed by atoms with Gasteiger partial charge in [-0.15, -0.1) is 6.42 Å². The van der Waals surface area contributed by atoms with Crippen LogP contribution in [-0.4, -0.2) is 231 Å². The Morgan fingerprint density at radius 1 is 0.736 bits per heavy atom. The van der Waals surface area contributed by atoms with Gasteiger partial charge in [0.1, 0.15) is 31.0 Å². The Kier molecular flexibility index (Phi) is 29.8. The number of aliphatic carboxylic acids is 2. The Balaban J connectivity index is 1.97. The first-order chi connectivity index (χ1) is 34.3. The van der Waals surface area contributed by atoms with E-state index in [4.69, 9.17) is 72.0 Å². The molecule has 2 amide bonds. The van der Waals surface area contributed by atoms with Crippen molar-refractivity contribution in [3.8, 4) is 12.3 Å². The third-order valence-electron chi connectivity index (χ3n) is 10.6. The monoisotopic (exact) mass is 1030 g/mol. The lowest BCUT2D eigenvalue weighted by Crippen LogP contribution is -2.59. The summed E-state index contributed by atoms with van der Waals surface area (Å²) in [5, 5.41) is 64.0. The fraction of sp³-hybridized carbons (Fsp3) is 0.705. The minimum absolute atomic E-state index is 0.0126. The van der Waals surface area contributed by atoms with E-state index in [1.165, 1.54) is 17.9 Å². The molecule has 0 aromatic rings. The van der Waals surface area contributed by atoms with E-state index < -0.39 is 109 Å². The fourth-order valence-electron chi connectivity index (χ4n) is 7.03. The largest absolute Gasteiger partial charge is 0.479 e. The predicted molar refractivity (Wildman–Crippen MR) is 251 cm³/mol. The first kappa shape index (κ1) is 62.2. The number of hydrogen-bond acceptors (Lipinski definition) is 20. The number of carbonyl (C=O) groups excluding carboxylic acids is 3. The molecule has 0 saturated heterocycles. The topological polar surface area (TPSA) is 434 Å². The molecule has 10 atom stereocenters. The van der Waals surface area contributed by atoms with Crippen molar-refractivity contribution >= 4 is 41.6 Å². The quantitative estimate of drug-likeness (QED) is 0.00915. The minimum Gasteiger partial charge on any atom is -0.479 e. The molecule has 0 fully saturated rings. The van der Waals surface area contributed by atoms with Gasteiger partial charge in [0.05, 0.1) is 96.7 Å². The van der Waals surface area contributed by atoms with Crippen LogP contribution in [0.25, 0.3) is 0 Å². The molecule has 408 valence electrons. The number of ether oxygens (including phenoxy) is 9. The zero-order chi connectivity index (χ0) is 53.6. The molecular formula is C44H72N8O20. The molecule has 0 aromatic carbocycles. The van der Waals surface area contributed by atoms with Gasteiger partial charge in [-0.2, -0.15) is 0 Å². The number of carboxylic acid groups (broad SMARTS) is 2. The van der Waals surface area contributed by atoms with E-state index in [2.05, 4.69) is 21.2 Å². The van der Waals surface area contributed by atoms with E-state index >= 15 is 0 Å². The maximum Gasteiger partial charge on any atom is 0.370 e. The molecule has 0 aliphatic carbocycles. The second kappa shape index (κ2) is 34.5. The molecule has 0 spiro atoms. The number of amides is 2. The number of aliphatic hydroxyl groups excluding tert-OH is 4. The summed E-state index contributed by atoms with van der Waals surface area (Å²) in [6, 6.07) is -3.25. The van der Waals surface area contributed by atoms with E-state index in [1.807, 2.05) is 0 Å². The minimum atomic E-state index is -1.76. The van der Waals surface area contributed by atoms with Crippen LogP contribution >= 0.6 is 0 Å². The van der Waals surface area contributed by atoms with E-state index in [0.29, 0.717) is 26.4 Å². The van der Waals surface area contributed by atoms with Gasteiger partial charge in [0, 0.05) is 45.6 Å². The van der Waals surface area contributed by atoms with Gasteiger partial charge in [-0.1, -0.05) is 12.8 Å². The van der Waals surface area contributed by atoms with Gasteiger partial charge >= 0.3 is 17.9 Å². The van der Waals surface area contributed by atoms with Crippen molar-refractivity contribution in [2.24, 2.45) is 38.8 Å². The number of guanidine groups is 2. The average Bonchev–Trinajstić information content (AvgIpc) is 3.32. The third kappa shape index (κ3) is 23.6. The Labute approximate surface area is 416 Å². The van der Waals surface area contributed by atoms with E-state index in [-0.39, 0.29) is 103 Å². The number of carboxylic acids is 2. The average molecular weight is 1030 g/mol. The molecule has 2 aliphatic rings. The molecule has 2 rings (SSSR count). The van der Waals surface area contributed by atoms with Gasteiger partial charge in [0.2, 0.25) is 23.3 Å². The molecule has 0 saturated carbocycles. The standard InChI is InChI=1S/C44H72N8O20/c1-4-11-64-17-19-68-21-22-69-20-18-67-14-8-34(57)52(10-16-66-13-7-30(55)37(59)40-36(49-27(3)54)29(51-44(47)48)24-33(71-40)42(62)63)9-15-65-12-5-6-35(58)72-39(31(56)25-53)38-26(2)28(50-43(45)46)23-32(70-38)41(60)61/h1,23-24,26,28-31,36-40,53,55-56,59H,5-22,25H2,2-3H3,(H,49,54)(H,60,61)(H,62,63)(H4,45,46,50)(H4,47,48,51)/t26-,28+,29+,30-,31-,36-,37-,38-,39-,40-/m1/s1.